The number of aromatic nitrogens is 3. The molecule has 1 amide bonds. The van der Waals surface area contributed by atoms with Crippen molar-refractivity contribution in [3.8, 4) is 11.4 Å². The van der Waals surface area contributed by atoms with Gasteiger partial charge < -0.3 is 10.2 Å². The van der Waals surface area contributed by atoms with E-state index in [4.69, 9.17) is 28.2 Å². The minimum Gasteiger partial charge on any atom is -0.375 e. The van der Waals surface area contributed by atoms with Crippen molar-refractivity contribution in [1.82, 2.24) is 20.2 Å². The molecule has 0 radical (unpaired) electrons. The van der Waals surface area contributed by atoms with E-state index in [0.717, 1.165) is 29.9 Å². The number of halogens is 2. The maximum Gasteiger partial charge on any atom is 0.274 e. The second-order valence-corrected chi connectivity index (χ2v) is 10.2. The lowest BCUT2D eigenvalue weighted by atomic mass is 10.0. The third kappa shape index (κ3) is 5.01. The van der Waals surface area contributed by atoms with Crippen LogP contribution in [0.1, 0.15) is 45.5 Å². The van der Waals surface area contributed by atoms with Crippen LogP contribution < -0.4 is 10.2 Å². The molecule has 3 aromatic rings. The van der Waals surface area contributed by atoms with E-state index in [1.54, 1.807) is 18.2 Å². The lowest BCUT2D eigenvalue weighted by molar-refractivity contribution is -0.116. The summed E-state index contributed by atoms with van der Waals surface area (Å²) in [5.41, 5.74) is 3.58. The number of fused-ring (bicyclic) bond motifs is 1. The maximum atomic E-state index is 13.4. The minimum absolute atomic E-state index is 0.178. The average molecular weight is 526 g/mol. The zero-order valence-corrected chi connectivity index (χ0v) is 22.7. The van der Waals surface area contributed by atoms with E-state index in [2.05, 4.69) is 38.5 Å². The summed E-state index contributed by atoms with van der Waals surface area (Å²) in [5, 5.41) is 17.1. The Morgan fingerprint density at radius 3 is 2.44 bits per heavy atom. The van der Waals surface area contributed by atoms with E-state index < -0.39 is 5.54 Å². The Morgan fingerprint density at radius 1 is 1.08 bits per heavy atom. The number of hydrogen-bond donors (Lipinski definition) is 1. The average Bonchev–Trinajstić information content (AvgIpc) is 3.41. The molecule has 4 rings (SSSR count). The fourth-order valence-corrected chi connectivity index (χ4v) is 3.91. The van der Waals surface area contributed by atoms with Crippen LogP contribution in [0.2, 0.25) is 10.0 Å². The largest absolute Gasteiger partial charge is 0.375 e. The van der Waals surface area contributed by atoms with Gasteiger partial charge in [0.15, 0.2) is 11.5 Å². The van der Waals surface area contributed by atoms with Crippen LogP contribution in [0.4, 0.5) is 11.4 Å². The number of amides is 1. The van der Waals surface area contributed by atoms with Gasteiger partial charge in [-0.15, -0.1) is 10.2 Å². The number of aliphatic imine (C=N–C) groups is 1. The van der Waals surface area contributed by atoms with Gasteiger partial charge in [-0.2, -0.15) is 9.78 Å². The van der Waals surface area contributed by atoms with Crippen molar-refractivity contribution in [3.63, 3.8) is 0 Å². The lowest BCUT2D eigenvalue weighted by Gasteiger charge is -2.24. The summed E-state index contributed by atoms with van der Waals surface area (Å²) in [6.07, 6.45) is 0.755. The van der Waals surface area contributed by atoms with Crippen molar-refractivity contribution in [2.24, 2.45) is 10.1 Å². The summed E-state index contributed by atoms with van der Waals surface area (Å²) in [5.74, 6) is 0.487. The van der Waals surface area contributed by atoms with Gasteiger partial charge in [-0.1, -0.05) is 30.1 Å². The highest BCUT2D eigenvalue weighted by Crippen LogP contribution is 2.31. The highest BCUT2D eigenvalue weighted by Gasteiger charge is 2.35. The van der Waals surface area contributed by atoms with E-state index in [9.17, 15) is 4.79 Å². The summed E-state index contributed by atoms with van der Waals surface area (Å²) in [6.45, 7) is 10.9. The predicted molar refractivity (Wildman–Crippen MR) is 147 cm³/mol. The standard InChI is InChI=1S/C26H29Cl2N7O/c1-7-26(4,5)30-25(36)22-21(29-20-12-10-17(13-15(20)3)34(6)8-2)24-32-31-23(35(24)33-22)16-9-11-18(27)19(28)14-16/h9-14H,7-8H2,1-6H3,(H,30,36). The Hall–Kier alpha value is -3.23. The number of anilines is 1. The van der Waals surface area contributed by atoms with Gasteiger partial charge in [0, 0.05) is 30.4 Å². The molecular formula is C26H29Cl2N7O. The van der Waals surface area contributed by atoms with Gasteiger partial charge in [0.25, 0.3) is 5.91 Å². The first-order valence-electron chi connectivity index (χ1n) is 11.8. The van der Waals surface area contributed by atoms with E-state index in [0.29, 0.717) is 33.0 Å². The molecule has 2 aromatic carbocycles. The van der Waals surface area contributed by atoms with Crippen molar-refractivity contribution < 1.29 is 4.79 Å². The number of rotatable bonds is 7. The summed E-state index contributed by atoms with van der Waals surface area (Å²) >= 11 is 12.3. The van der Waals surface area contributed by atoms with Gasteiger partial charge in [0.05, 0.1) is 15.7 Å². The molecule has 10 heteroatoms. The fraction of sp³-hybridized carbons (Fsp3) is 0.346. The van der Waals surface area contributed by atoms with Gasteiger partial charge in [-0.05, 0) is 76.1 Å². The Kier molecular flexibility index (Phi) is 7.20. The summed E-state index contributed by atoms with van der Waals surface area (Å²) < 4.78 is 1.53. The van der Waals surface area contributed by atoms with E-state index >= 15 is 0 Å². The number of carbonyl (C=O) groups is 1. The number of aryl methyl sites for hydroxylation is 1. The smallest absolute Gasteiger partial charge is 0.274 e. The highest BCUT2D eigenvalue weighted by atomic mass is 35.5. The van der Waals surface area contributed by atoms with Crippen LogP contribution in [-0.4, -0.2) is 51.3 Å². The van der Waals surface area contributed by atoms with Crippen LogP contribution in [0.5, 0.6) is 0 Å². The Balaban J connectivity index is 1.83. The number of carbonyl (C=O) groups excluding carboxylic acids is 1. The van der Waals surface area contributed by atoms with E-state index in [1.807, 2.05) is 46.9 Å². The molecule has 0 aliphatic carbocycles. The summed E-state index contributed by atoms with van der Waals surface area (Å²) in [6, 6.07) is 11.2. The van der Waals surface area contributed by atoms with Crippen molar-refractivity contribution in [2.75, 3.05) is 18.5 Å². The topological polar surface area (TPSA) is 87.8 Å². The number of nitrogens with zero attached hydrogens (tertiary/aromatic N) is 6. The quantitative estimate of drug-likeness (QED) is 0.431. The number of benzene rings is 2. The van der Waals surface area contributed by atoms with Crippen LogP contribution in [0.3, 0.4) is 0 Å². The van der Waals surface area contributed by atoms with Gasteiger partial charge in [0.1, 0.15) is 5.71 Å². The zero-order valence-electron chi connectivity index (χ0n) is 21.2. The molecule has 0 bridgehead atoms. The first-order chi connectivity index (χ1) is 17.0. The monoisotopic (exact) mass is 525 g/mol. The second kappa shape index (κ2) is 10.0. The summed E-state index contributed by atoms with van der Waals surface area (Å²) in [4.78, 5) is 20.4. The van der Waals surface area contributed by atoms with Crippen molar-refractivity contribution in [3.05, 3.63) is 57.8 Å². The zero-order chi connectivity index (χ0) is 26.2. The molecule has 1 aliphatic heterocycles. The van der Waals surface area contributed by atoms with Crippen molar-refractivity contribution >= 4 is 51.9 Å². The molecule has 8 nitrogen and oxygen atoms in total. The molecule has 0 fully saturated rings. The molecule has 0 atom stereocenters. The molecule has 1 aromatic heterocycles. The Labute approximate surface area is 221 Å². The van der Waals surface area contributed by atoms with Gasteiger partial charge in [-0.25, -0.2) is 4.99 Å². The van der Waals surface area contributed by atoms with Crippen molar-refractivity contribution in [2.45, 2.75) is 46.6 Å². The molecule has 0 spiro atoms. The molecule has 0 unspecified atom stereocenters. The molecule has 1 aliphatic rings. The van der Waals surface area contributed by atoms with Gasteiger partial charge >= 0.3 is 0 Å². The Morgan fingerprint density at radius 2 is 1.81 bits per heavy atom. The highest BCUT2D eigenvalue weighted by molar-refractivity contribution is 6.70. The van der Waals surface area contributed by atoms with E-state index in [1.165, 1.54) is 4.68 Å². The second-order valence-electron chi connectivity index (χ2n) is 9.37. The molecule has 0 saturated heterocycles. The first-order valence-corrected chi connectivity index (χ1v) is 12.5. The lowest BCUT2D eigenvalue weighted by Crippen LogP contribution is -2.47. The molecule has 1 N–H and O–H groups in total. The third-order valence-corrected chi connectivity index (χ3v) is 7.07. The van der Waals surface area contributed by atoms with E-state index in [-0.39, 0.29) is 11.6 Å². The molecule has 36 heavy (non-hydrogen) atoms. The fourth-order valence-electron chi connectivity index (χ4n) is 3.61. The predicted octanol–water partition coefficient (Wildman–Crippen LogP) is 5.66. The molecular weight excluding hydrogens is 497 g/mol. The van der Waals surface area contributed by atoms with Crippen LogP contribution in [0.15, 0.2) is 46.5 Å². The van der Waals surface area contributed by atoms with Gasteiger partial charge in [0.2, 0.25) is 5.82 Å². The molecule has 0 saturated carbocycles. The number of nitrogens with one attached hydrogen (secondary N) is 1. The first kappa shape index (κ1) is 25.9. The molecule has 188 valence electrons. The SMILES string of the molecule is CCN(C)c1ccc(N=C2C(C(=O)NC(C)(C)CC)=Nn3c2nnc3-c2ccc(Cl)c(Cl)c2)c(C)c1. The van der Waals surface area contributed by atoms with Gasteiger partial charge in [-0.3, -0.25) is 4.79 Å². The van der Waals surface area contributed by atoms with Crippen LogP contribution in [0, 0.1) is 6.92 Å². The van der Waals surface area contributed by atoms with Crippen LogP contribution in [0.25, 0.3) is 11.4 Å². The third-order valence-electron chi connectivity index (χ3n) is 6.33. The summed E-state index contributed by atoms with van der Waals surface area (Å²) in [7, 11) is 2.04. The van der Waals surface area contributed by atoms with Crippen LogP contribution in [-0.2, 0) is 4.79 Å². The molecule has 2 heterocycles. The number of hydrogen-bond acceptors (Lipinski definition) is 6. The Bertz CT molecular complexity index is 1390. The van der Waals surface area contributed by atoms with Crippen molar-refractivity contribution in [1.29, 1.82) is 0 Å². The van der Waals surface area contributed by atoms with Crippen LogP contribution >= 0.6 is 23.2 Å². The minimum atomic E-state index is -0.414. The normalized spacial score (nSPS) is 14.1. The maximum absolute atomic E-state index is 13.4.